The van der Waals surface area contributed by atoms with E-state index in [-0.39, 0.29) is 0 Å². The van der Waals surface area contributed by atoms with Gasteiger partial charge in [0.05, 0.1) is 0 Å². The van der Waals surface area contributed by atoms with Crippen LogP contribution in [0.1, 0.15) is 79.1 Å². The molecule has 106 valence electrons. The van der Waals surface area contributed by atoms with Gasteiger partial charge in [-0.15, -0.1) is 0 Å². The second-order valence-electron chi connectivity index (χ2n) is 7.89. The van der Waals surface area contributed by atoms with Gasteiger partial charge in [-0.3, -0.25) is 0 Å². The molecule has 0 aromatic carbocycles. The van der Waals surface area contributed by atoms with Gasteiger partial charge in [0.25, 0.3) is 0 Å². The monoisotopic (exact) mass is 250 g/mol. The van der Waals surface area contributed by atoms with Crippen LogP contribution in [0.15, 0.2) is 0 Å². The van der Waals surface area contributed by atoms with E-state index in [2.05, 4.69) is 27.7 Å². The Kier molecular flexibility index (Phi) is 5.15. The van der Waals surface area contributed by atoms with E-state index in [0.717, 1.165) is 35.5 Å². The Hall–Kier alpha value is 0. The number of rotatable bonds is 5. The molecular formula is C18H34. The zero-order valence-corrected chi connectivity index (χ0v) is 13.1. The van der Waals surface area contributed by atoms with Gasteiger partial charge in [0.2, 0.25) is 0 Å². The first-order valence-corrected chi connectivity index (χ1v) is 8.58. The van der Waals surface area contributed by atoms with Gasteiger partial charge in [0, 0.05) is 0 Å². The molecule has 0 aliphatic heterocycles. The summed E-state index contributed by atoms with van der Waals surface area (Å²) in [7, 11) is 0. The molecule has 0 heterocycles. The molecule has 0 heteroatoms. The smallest absolute Gasteiger partial charge is 0.0383 e. The van der Waals surface area contributed by atoms with E-state index in [1.807, 2.05) is 0 Å². The minimum absolute atomic E-state index is 0.900. The van der Waals surface area contributed by atoms with Crippen LogP contribution >= 0.6 is 0 Å². The summed E-state index contributed by atoms with van der Waals surface area (Å²) in [5.41, 5.74) is 0. The van der Waals surface area contributed by atoms with E-state index >= 15 is 0 Å². The average Bonchev–Trinajstić information content (AvgIpc) is 2.26. The zero-order chi connectivity index (χ0) is 13.1. The molecule has 2 fully saturated rings. The summed E-state index contributed by atoms with van der Waals surface area (Å²) in [4.78, 5) is 0. The Labute approximate surface area is 115 Å². The molecule has 0 aromatic heterocycles. The summed E-state index contributed by atoms with van der Waals surface area (Å²) >= 11 is 0. The summed E-state index contributed by atoms with van der Waals surface area (Å²) < 4.78 is 0. The molecule has 0 spiro atoms. The van der Waals surface area contributed by atoms with Crippen molar-refractivity contribution in [2.45, 2.75) is 79.1 Å². The van der Waals surface area contributed by atoms with Crippen molar-refractivity contribution in [3.05, 3.63) is 0 Å². The lowest BCUT2D eigenvalue weighted by molar-refractivity contribution is 0.0954. The van der Waals surface area contributed by atoms with E-state index in [0.29, 0.717) is 0 Å². The van der Waals surface area contributed by atoms with Crippen molar-refractivity contribution in [2.24, 2.45) is 35.5 Å². The Morgan fingerprint density at radius 1 is 0.944 bits per heavy atom. The molecule has 0 radical (unpaired) electrons. The molecule has 0 bridgehead atoms. The molecule has 0 N–H and O–H groups in total. The Bertz CT molecular complexity index is 236. The highest BCUT2D eigenvalue weighted by Crippen LogP contribution is 2.45. The van der Waals surface area contributed by atoms with Crippen molar-refractivity contribution in [3.63, 3.8) is 0 Å². The normalized spacial score (nSPS) is 40.8. The third-order valence-electron chi connectivity index (χ3n) is 5.82. The Morgan fingerprint density at radius 2 is 1.67 bits per heavy atom. The summed E-state index contributed by atoms with van der Waals surface area (Å²) in [6.07, 6.45) is 12.1. The lowest BCUT2D eigenvalue weighted by Crippen LogP contribution is -2.30. The van der Waals surface area contributed by atoms with Gasteiger partial charge in [0.15, 0.2) is 0 Å². The minimum Gasteiger partial charge on any atom is -0.0651 e. The highest BCUT2D eigenvalue weighted by atomic mass is 14.4. The molecule has 0 saturated heterocycles. The van der Waals surface area contributed by atoms with Crippen molar-refractivity contribution >= 4 is 0 Å². The summed E-state index contributed by atoms with van der Waals surface area (Å²) in [6.45, 7) is 9.67. The lowest BCUT2D eigenvalue weighted by Gasteiger charge is -2.42. The maximum absolute atomic E-state index is 2.52. The molecule has 0 nitrogen and oxygen atoms in total. The minimum atomic E-state index is 0.900. The van der Waals surface area contributed by atoms with Gasteiger partial charge in [0.1, 0.15) is 0 Å². The predicted octanol–water partition coefficient (Wildman–Crippen LogP) is 5.91. The van der Waals surface area contributed by atoms with E-state index < -0.39 is 0 Å². The molecule has 2 rings (SSSR count). The first-order chi connectivity index (χ1) is 8.58. The fourth-order valence-corrected chi connectivity index (χ4v) is 4.55. The number of hydrogen-bond donors (Lipinski definition) is 0. The first-order valence-electron chi connectivity index (χ1n) is 8.58. The zero-order valence-electron chi connectivity index (χ0n) is 13.1. The van der Waals surface area contributed by atoms with Gasteiger partial charge in [-0.25, -0.2) is 0 Å². The fourth-order valence-electron chi connectivity index (χ4n) is 4.55. The van der Waals surface area contributed by atoms with Gasteiger partial charge in [-0.05, 0) is 67.6 Å². The van der Waals surface area contributed by atoms with Gasteiger partial charge in [-0.2, -0.15) is 0 Å². The van der Waals surface area contributed by atoms with E-state index in [1.54, 1.807) is 25.7 Å². The molecule has 2 aliphatic carbocycles. The predicted molar refractivity (Wildman–Crippen MR) is 80.6 cm³/mol. The Balaban J connectivity index is 1.75. The van der Waals surface area contributed by atoms with Crippen LogP contribution in [0.5, 0.6) is 0 Å². The fraction of sp³-hybridized carbons (Fsp3) is 1.00. The van der Waals surface area contributed by atoms with Crippen LogP contribution in [0.25, 0.3) is 0 Å². The maximum Gasteiger partial charge on any atom is -0.0383 e. The van der Waals surface area contributed by atoms with Crippen molar-refractivity contribution < 1.29 is 0 Å². The molecule has 0 amide bonds. The van der Waals surface area contributed by atoms with Crippen molar-refractivity contribution in [1.29, 1.82) is 0 Å². The van der Waals surface area contributed by atoms with E-state index in [4.69, 9.17) is 0 Å². The van der Waals surface area contributed by atoms with E-state index in [1.165, 1.54) is 25.7 Å². The van der Waals surface area contributed by atoms with Crippen LogP contribution in [0.2, 0.25) is 0 Å². The third kappa shape index (κ3) is 3.75. The van der Waals surface area contributed by atoms with Crippen LogP contribution < -0.4 is 0 Å². The molecular weight excluding hydrogens is 216 g/mol. The molecule has 2 aliphatic rings. The lowest BCUT2D eigenvalue weighted by atomic mass is 9.64. The third-order valence-corrected chi connectivity index (χ3v) is 5.82. The van der Waals surface area contributed by atoms with Crippen LogP contribution in [0.3, 0.4) is 0 Å². The molecule has 2 saturated carbocycles. The molecule has 0 aromatic rings. The second-order valence-corrected chi connectivity index (χ2v) is 7.89. The van der Waals surface area contributed by atoms with Crippen molar-refractivity contribution in [1.82, 2.24) is 0 Å². The average molecular weight is 250 g/mol. The van der Waals surface area contributed by atoms with Crippen molar-refractivity contribution in [3.8, 4) is 0 Å². The standard InChI is InChI=1S/C18H34/c1-5-15-9-17(10-15)12-18-11-16(8-13(2)3)7-6-14(18)4/h13-18H,5-12H2,1-4H3. The second kappa shape index (κ2) is 6.44. The molecule has 3 unspecified atom stereocenters. The van der Waals surface area contributed by atoms with Crippen LogP contribution in [-0.2, 0) is 0 Å². The first kappa shape index (κ1) is 14.4. The Morgan fingerprint density at radius 3 is 2.28 bits per heavy atom. The van der Waals surface area contributed by atoms with Crippen LogP contribution in [-0.4, -0.2) is 0 Å². The van der Waals surface area contributed by atoms with Gasteiger partial charge >= 0.3 is 0 Å². The highest BCUT2D eigenvalue weighted by Gasteiger charge is 2.34. The van der Waals surface area contributed by atoms with Gasteiger partial charge in [-0.1, -0.05) is 47.0 Å². The maximum atomic E-state index is 2.52. The molecule has 3 atom stereocenters. The van der Waals surface area contributed by atoms with E-state index in [9.17, 15) is 0 Å². The topological polar surface area (TPSA) is 0 Å². The highest BCUT2D eigenvalue weighted by molar-refractivity contribution is 4.85. The van der Waals surface area contributed by atoms with Crippen LogP contribution in [0, 0.1) is 35.5 Å². The summed E-state index contributed by atoms with van der Waals surface area (Å²) in [5.74, 6) is 6.20. The van der Waals surface area contributed by atoms with Crippen molar-refractivity contribution in [2.75, 3.05) is 0 Å². The van der Waals surface area contributed by atoms with Gasteiger partial charge < -0.3 is 0 Å². The quantitative estimate of drug-likeness (QED) is 0.569. The largest absolute Gasteiger partial charge is 0.0651 e. The summed E-state index contributed by atoms with van der Waals surface area (Å²) in [5, 5.41) is 0. The van der Waals surface area contributed by atoms with Crippen LogP contribution in [0.4, 0.5) is 0 Å². The number of hydrogen-bond acceptors (Lipinski definition) is 0. The SMILES string of the molecule is CCC1CC(CC2CC(CC(C)C)CCC2C)C1. The molecule has 18 heavy (non-hydrogen) atoms. The summed E-state index contributed by atoms with van der Waals surface area (Å²) in [6, 6.07) is 0.